The molecule has 178 valence electrons. The molecule has 0 spiro atoms. The predicted molar refractivity (Wildman–Crippen MR) is 130 cm³/mol. The van der Waals surface area contributed by atoms with Crippen LogP contribution in [-0.2, 0) is 14.3 Å². The number of ether oxygens (including phenoxy) is 2. The van der Waals surface area contributed by atoms with Crippen LogP contribution in [0.5, 0.6) is 5.75 Å². The first kappa shape index (κ1) is 23.9. The number of Topliss-reactive ketones (excluding diaryl/α,β-unsaturated/α-hetero) is 1. The maximum atomic E-state index is 12.6. The molecule has 7 heteroatoms. The second-order valence-corrected chi connectivity index (χ2v) is 8.44. The SMILES string of the molecule is Cc1cccc(N2C[C@H](C(=O)OCC(=O)c3ccc(OC(=O)c4ccccc4)cc3)CC2=O)c1C. The molecule has 0 N–H and O–H groups in total. The molecule has 35 heavy (non-hydrogen) atoms. The van der Waals surface area contributed by atoms with Crippen LogP contribution in [0.15, 0.2) is 72.8 Å². The Morgan fingerprint density at radius 2 is 1.60 bits per heavy atom. The lowest BCUT2D eigenvalue weighted by Gasteiger charge is -2.20. The van der Waals surface area contributed by atoms with E-state index in [1.54, 1.807) is 35.2 Å². The molecule has 0 bridgehead atoms. The van der Waals surface area contributed by atoms with Gasteiger partial charge in [-0.25, -0.2) is 4.79 Å². The number of benzene rings is 3. The standard InChI is InChI=1S/C28H25NO6/c1-18-7-6-10-24(19(18)2)29-16-22(15-26(29)31)27(32)34-17-25(30)20-11-13-23(14-12-20)35-28(33)21-8-4-3-5-9-21/h3-14,22H,15-17H2,1-2H3/t22-/m1/s1. The summed E-state index contributed by atoms with van der Waals surface area (Å²) >= 11 is 0. The van der Waals surface area contributed by atoms with Crippen LogP contribution in [0.3, 0.4) is 0 Å². The second-order valence-electron chi connectivity index (χ2n) is 8.44. The van der Waals surface area contributed by atoms with Crippen molar-refractivity contribution in [1.82, 2.24) is 0 Å². The lowest BCUT2D eigenvalue weighted by Crippen LogP contribution is -2.27. The first-order valence-corrected chi connectivity index (χ1v) is 11.3. The molecule has 1 amide bonds. The molecular weight excluding hydrogens is 446 g/mol. The molecule has 0 aromatic heterocycles. The molecular formula is C28H25NO6. The van der Waals surface area contributed by atoms with Crippen molar-refractivity contribution in [3.8, 4) is 5.75 Å². The van der Waals surface area contributed by atoms with E-state index >= 15 is 0 Å². The summed E-state index contributed by atoms with van der Waals surface area (Å²) in [6.07, 6.45) is 0.0435. The van der Waals surface area contributed by atoms with E-state index in [1.807, 2.05) is 32.0 Å². The number of aryl methyl sites for hydroxylation is 1. The van der Waals surface area contributed by atoms with Crippen LogP contribution in [0.4, 0.5) is 5.69 Å². The molecule has 0 radical (unpaired) electrons. The number of anilines is 1. The highest BCUT2D eigenvalue weighted by molar-refractivity contribution is 6.01. The monoisotopic (exact) mass is 471 g/mol. The Kier molecular flexibility index (Phi) is 7.06. The Hall–Kier alpha value is -4.26. The van der Waals surface area contributed by atoms with Gasteiger partial charge < -0.3 is 14.4 Å². The van der Waals surface area contributed by atoms with Crippen LogP contribution in [0.1, 0.15) is 38.3 Å². The molecule has 0 aliphatic carbocycles. The van der Waals surface area contributed by atoms with Crippen molar-refractivity contribution in [2.24, 2.45) is 5.92 Å². The molecule has 1 atom stereocenters. The van der Waals surface area contributed by atoms with Gasteiger partial charge in [0.15, 0.2) is 12.4 Å². The fourth-order valence-electron chi connectivity index (χ4n) is 3.91. The maximum Gasteiger partial charge on any atom is 0.343 e. The van der Waals surface area contributed by atoms with Gasteiger partial charge in [0.2, 0.25) is 5.91 Å². The van der Waals surface area contributed by atoms with Crippen LogP contribution < -0.4 is 9.64 Å². The number of carbonyl (C=O) groups excluding carboxylic acids is 4. The quantitative estimate of drug-likeness (QED) is 0.290. The number of esters is 2. The number of rotatable bonds is 7. The second kappa shape index (κ2) is 10.3. The molecule has 1 aliphatic rings. The van der Waals surface area contributed by atoms with Crippen LogP contribution in [-0.4, -0.2) is 36.8 Å². The van der Waals surface area contributed by atoms with Gasteiger partial charge in [-0.05, 0) is 67.4 Å². The summed E-state index contributed by atoms with van der Waals surface area (Å²) < 4.78 is 10.5. The Morgan fingerprint density at radius 3 is 2.31 bits per heavy atom. The number of amides is 1. The zero-order valence-corrected chi connectivity index (χ0v) is 19.5. The fourth-order valence-corrected chi connectivity index (χ4v) is 3.91. The molecule has 3 aromatic carbocycles. The van der Waals surface area contributed by atoms with E-state index in [2.05, 4.69) is 0 Å². The van der Waals surface area contributed by atoms with Gasteiger partial charge in [-0.1, -0.05) is 30.3 Å². The average Bonchev–Trinajstić information content (AvgIpc) is 3.26. The van der Waals surface area contributed by atoms with Crippen molar-refractivity contribution < 1.29 is 28.7 Å². The molecule has 0 unspecified atom stereocenters. The Bertz CT molecular complexity index is 1270. The lowest BCUT2D eigenvalue weighted by atomic mass is 10.1. The summed E-state index contributed by atoms with van der Waals surface area (Å²) in [4.78, 5) is 51.3. The van der Waals surface area contributed by atoms with E-state index < -0.39 is 30.2 Å². The van der Waals surface area contributed by atoms with Gasteiger partial charge in [0.1, 0.15) is 5.75 Å². The minimum atomic E-state index is -0.630. The first-order valence-electron chi connectivity index (χ1n) is 11.3. The van der Waals surface area contributed by atoms with Gasteiger partial charge in [-0.3, -0.25) is 14.4 Å². The van der Waals surface area contributed by atoms with Crippen LogP contribution in [0, 0.1) is 19.8 Å². The number of nitrogens with zero attached hydrogens (tertiary/aromatic N) is 1. The number of hydrogen-bond donors (Lipinski definition) is 0. The zero-order chi connectivity index (χ0) is 24.9. The molecule has 3 aromatic rings. The van der Waals surface area contributed by atoms with Crippen molar-refractivity contribution in [2.45, 2.75) is 20.3 Å². The summed E-state index contributed by atoms with van der Waals surface area (Å²) in [7, 11) is 0. The Labute approximate surface area is 203 Å². The lowest BCUT2D eigenvalue weighted by molar-refractivity contribution is -0.147. The summed E-state index contributed by atoms with van der Waals surface area (Å²) in [5.74, 6) is -1.95. The molecule has 1 aliphatic heterocycles. The van der Waals surface area contributed by atoms with Crippen LogP contribution in [0.25, 0.3) is 0 Å². The topological polar surface area (TPSA) is 90.0 Å². The van der Waals surface area contributed by atoms with E-state index in [1.165, 1.54) is 24.3 Å². The number of ketones is 1. The van der Waals surface area contributed by atoms with Crippen molar-refractivity contribution in [3.05, 3.63) is 95.1 Å². The van der Waals surface area contributed by atoms with E-state index in [4.69, 9.17) is 9.47 Å². The third-order valence-electron chi connectivity index (χ3n) is 6.07. The van der Waals surface area contributed by atoms with Crippen molar-refractivity contribution in [2.75, 3.05) is 18.1 Å². The summed E-state index contributed by atoms with van der Waals surface area (Å²) in [5, 5.41) is 0. The van der Waals surface area contributed by atoms with Gasteiger partial charge in [-0.15, -0.1) is 0 Å². The molecule has 0 saturated carbocycles. The highest BCUT2D eigenvalue weighted by Crippen LogP contribution is 2.30. The molecule has 4 rings (SSSR count). The minimum Gasteiger partial charge on any atom is -0.457 e. The molecule has 1 saturated heterocycles. The van der Waals surface area contributed by atoms with Gasteiger partial charge in [0.25, 0.3) is 0 Å². The number of hydrogen-bond acceptors (Lipinski definition) is 6. The third kappa shape index (κ3) is 5.46. The van der Waals surface area contributed by atoms with Gasteiger partial charge in [-0.2, -0.15) is 0 Å². The third-order valence-corrected chi connectivity index (χ3v) is 6.07. The highest BCUT2D eigenvalue weighted by Gasteiger charge is 2.37. The Balaban J connectivity index is 1.30. The summed E-state index contributed by atoms with van der Waals surface area (Å²) in [6, 6.07) is 20.3. The van der Waals surface area contributed by atoms with Crippen molar-refractivity contribution in [3.63, 3.8) is 0 Å². The normalized spacial score (nSPS) is 15.1. The van der Waals surface area contributed by atoms with Crippen LogP contribution in [0.2, 0.25) is 0 Å². The largest absolute Gasteiger partial charge is 0.457 e. The average molecular weight is 472 g/mol. The van der Waals surface area contributed by atoms with Crippen LogP contribution >= 0.6 is 0 Å². The summed E-state index contributed by atoms with van der Waals surface area (Å²) in [6.45, 7) is 3.69. The molecule has 7 nitrogen and oxygen atoms in total. The zero-order valence-electron chi connectivity index (χ0n) is 19.5. The molecule has 1 heterocycles. The van der Waals surface area contributed by atoms with E-state index in [0.29, 0.717) is 16.9 Å². The summed E-state index contributed by atoms with van der Waals surface area (Å²) in [5.41, 5.74) is 3.57. The minimum absolute atomic E-state index is 0.0435. The van der Waals surface area contributed by atoms with E-state index in [9.17, 15) is 19.2 Å². The van der Waals surface area contributed by atoms with Gasteiger partial charge in [0.05, 0.1) is 11.5 Å². The Morgan fingerprint density at radius 1 is 0.886 bits per heavy atom. The highest BCUT2D eigenvalue weighted by atomic mass is 16.5. The van der Waals surface area contributed by atoms with E-state index in [-0.39, 0.29) is 18.9 Å². The van der Waals surface area contributed by atoms with Gasteiger partial charge in [0, 0.05) is 24.2 Å². The number of carbonyl (C=O) groups is 4. The van der Waals surface area contributed by atoms with Crippen molar-refractivity contribution in [1.29, 1.82) is 0 Å². The van der Waals surface area contributed by atoms with E-state index in [0.717, 1.165) is 16.8 Å². The van der Waals surface area contributed by atoms with Gasteiger partial charge >= 0.3 is 11.9 Å². The predicted octanol–water partition coefficient (Wildman–Crippen LogP) is 4.30. The van der Waals surface area contributed by atoms with Crippen molar-refractivity contribution >= 4 is 29.3 Å². The first-order chi connectivity index (χ1) is 16.8. The fraction of sp³-hybridized carbons (Fsp3) is 0.214. The smallest absolute Gasteiger partial charge is 0.343 e. The molecule has 1 fully saturated rings. The maximum absolute atomic E-state index is 12.6.